The summed E-state index contributed by atoms with van der Waals surface area (Å²) in [6, 6.07) is 0. The summed E-state index contributed by atoms with van der Waals surface area (Å²) in [7, 11) is 0. The molecule has 2 rings (SSSR count). The molecule has 1 aliphatic rings. The van der Waals surface area contributed by atoms with Crippen LogP contribution in [0.4, 0.5) is 0 Å². The normalized spacial score (nSPS) is 36.7. The van der Waals surface area contributed by atoms with Gasteiger partial charge in [0.25, 0.3) is 5.56 Å². The maximum atomic E-state index is 11.7. The molecule has 0 amide bonds. The number of ether oxygens (including phenoxy) is 1. The van der Waals surface area contributed by atoms with Crippen molar-refractivity contribution in [1.29, 1.82) is 0 Å². The molecule has 1 fully saturated rings. The molecule has 100 valence electrons. The fourth-order valence-corrected chi connectivity index (χ4v) is 1.76. The number of hydrogen-bond donors (Lipinski definition) is 4. The van der Waals surface area contributed by atoms with E-state index in [0.29, 0.717) is 0 Å². The lowest BCUT2D eigenvalue weighted by atomic mass is 10.1. The van der Waals surface area contributed by atoms with Crippen LogP contribution in [-0.2, 0) is 4.74 Å². The Hall–Kier alpha value is -1.48. The smallest absolute Gasteiger partial charge is 0.330 e. The third-order valence-corrected chi connectivity index (χ3v) is 2.79. The van der Waals surface area contributed by atoms with Crippen molar-refractivity contribution in [2.24, 2.45) is 0 Å². The van der Waals surface area contributed by atoms with Crippen molar-refractivity contribution in [3.8, 4) is 0 Å². The fraction of sp³-hybridized carbons (Fsp3) is 0.600. The third kappa shape index (κ3) is 1.99. The van der Waals surface area contributed by atoms with Crippen LogP contribution in [0, 0.1) is 6.92 Å². The van der Waals surface area contributed by atoms with Gasteiger partial charge in [-0.25, -0.2) is 4.79 Å². The predicted octanol–water partition coefficient (Wildman–Crippen LogP) is -2.54. The van der Waals surface area contributed by atoms with E-state index in [2.05, 4.69) is 0 Å². The van der Waals surface area contributed by atoms with Gasteiger partial charge in [-0.15, -0.1) is 0 Å². The number of aliphatic hydroxyl groups excluding tert-OH is 2. The summed E-state index contributed by atoms with van der Waals surface area (Å²) in [6.07, 6.45) is -5.78. The Morgan fingerprint density at radius 2 is 2.22 bits per heavy atom. The highest BCUT2D eigenvalue weighted by Crippen LogP contribution is 2.27. The van der Waals surface area contributed by atoms with Gasteiger partial charge in [0, 0.05) is 11.8 Å². The van der Waals surface area contributed by atoms with Gasteiger partial charge in [-0.1, -0.05) is 0 Å². The van der Waals surface area contributed by atoms with E-state index in [9.17, 15) is 19.8 Å². The average Bonchev–Trinajstić information content (AvgIpc) is 2.56. The van der Waals surface area contributed by atoms with Crippen molar-refractivity contribution in [2.45, 2.75) is 31.4 Å². The van der Waals surface area contributed by atoms with E-state index in [1.54, 1.807) is 0 Å². The zero-order chi connectivity index (χ0) is 14.4. The molecule has 0 saturated carbocycles. The standard InChI is InChI=1S/C10H14N2O6/c1-4-2-12(10(17)11-8(4)16)9-7(15)6(14)5(3-13)18-9/h2,5-7,9,13-15H,3H2,1H3,(H,11,16,17)/t5-,6-,7-,9-/m1/s1/i7D. The highest BCUT2D eigenvalue weighted by Gasteiger charge is 2.43. The highest BCUT2D eigenvalue weighted by atomic mass is 16.6. The topological polar surface area (TPSA) is 125 Å². The van der Waals surface area contributed by atoms with Crippen LogP contribution >= 0.6 is 0 Å². The molecule has 1 aromatic rings. The van der Waals surface area contributed by atoms with E-state index in [4.69, 9.17) is 11.2 Å². The Balaban J connectivity index is 2.51. The van der Waals surface area contributed by atoms with E-state index in [0.717, 1.165) is 10.8 Å². The summed E-state index contributed by atoms with van der Waals surface area (Å²) in [5.74, 6) is 0. The van der Waals surface area contributed by atoms with Gasteiger partial charge in [0.1, 0.15) is 18.3 Å². The van der Waals surface area contributed by atoms with Crippen LogP contribution in [0.5, 0.6) is 0 Å². The first-order chi connectivity index (χ1) is 8.78. The van der Waals surface area contributed by atoms with Gasteiger partial charge in [-0.2, -0.15) is 0 Å². The Labute approximate surface area is 102 Å². The minimum atomic E-state index is -2.51. The van der Waals surface area contributed by atoms with Gasteiger partial charge >= 0.3 is 5.69 Å². The molecule has 0 spiro atoms. The molecule has 0 aromatic carbocycles. The molecular formula is C10H14N2O6. The van der Waals surface area contributed by atoms with Gasteiger partial charge in [-0.3, -0.25) is 14.3 Å². The molecule has 1 aliphatic heterocycles. The minimum Gasteiger partial charge on any atom is -0.394 e. The number of aliphatic hydroxyl groups is 3. The zero-order valence-corrected chi connectivity index (χ0v) is 9.53. The summed E-state index contributed by atoms with van der Waals surface area (Å²) >= 11 is 0. The van der Waals surface area contributed by atoms with Crippen LogP contribution < -0.4 is 11.2 Å². The molecule has 0 aliphatic carbocycles. The number of nitrogens with one attached hydrogen (secondary N) is 1. The minimum absolute atomic E-state index is 0.181. The molecule has 8 heteroatoms. The molecule has 1 aromatic heterocycles. The molecule has 0 unspecified atom stereocenters. The highest BCUT2D eigenvalue weighted by molar-refractivity contribution is 5.03. The number of aromatic amines is 1. The summed E-state index contributed by atoms with van der Waals surface area (Å²) in [5, 5.41) is 28.5. The monoisotopic (exact) mass is 259 g/mol. The zero-order valence-electron chi connectivity index (χ0n) is 10.5. The molecule has 1 saturated heterocycles. The van der Waals surface area contributed by atoms with Crippen LogP contribution in [0.25, 0.3) is 0 Å². The maximum Gasteiger partial charge on any atom is 0.330 e. The van der Waals surface area contributed by atoms with E-state index >= 15 is 0 Å². The number of aromatic nitrogens is 2. The number of nitrogens with zero attached hydrogens (tertiary/aromatic N) is 1. The van der Waals surface area contributed by atoms with E-state index < -0.39 is 42.4 Å². The molecule has 0 bridgehead atoms. The summed E-state index contributed by atoms with van der Waals surface area (Å²) < 4.78 is 13.6. The van der Waals surface area contributed by atoms with E-state index in [-0.39, 0.29) is 5.56 Å². The average molecular weight is 259 g/mol. The fourth-order valence-electron chi connectivity index (χ4n) is 1.76. The van der Waals surface area contributed by atoms with Crippen molar-refractivity contribution in [2.75, 3.05) is 6.61 Å². The molecule has 8 nitrogen and oxygen atoms in total. The van der Waals surface area contributed by atoms with Gasteiger partial charge in [0.05, 0.1) is 7.98 Å². The second kappa shape index (κ2) is 4.65. The van der Waals surface area contributed by atoms with Crippen molar-refractivity contribution in [3.63, 3.8) is 0 Å². The third-order valence-electron chi connectivity index (χ3n) is 2.79. The Bertz CT molecular complexity index is 594. The summed E-state index contributed by atoms with van der Waals surface area (Å²) in [5.41, 5.74) is -1.29. The lowest BCUT2D eigenvalue weighted by Crippen LogP contribution is -2.38. The van der Waals surface area contributed by atoms with Crippen LogP contribution in [0.15, 0.2) is 15.8 Å². The Morgan fingerprint density at radius 1 is 1.56 bits per heavy atom. The van der Waals surface area contributed by atoms with Gasteiger partial charge in [-0.05, 0) is 6.92 Å². The molecule has 0 radical (unpaired) electrons. The predicted molar refractivity (Wildman–Crippen MR) is 59.1 cm³/mol. The van der Waals surface area contributed by atoms with E-state index in [1.807, 2.05) is 4.98 Å². The number of aryl methyl sites for hydroxylation is 1. The SMILES string of the molecule is [2H][C@@]1(O)[C@H](O)[C@@H](CO)O[C@H]1n1cc(C)c(=O)[nH]c1=O. The first-order valence-corrected chi connectivity index (χ1v) is 5.28. The lowest BCUT2D eigenvalue weighted by Gasteiger charge is -2.17. The van der Waals surface area contributed by atoms with Gasteiger partial charge < -0.3 is 20.1 Å². The van der Waals surface area contributed by atoms with Gasteiger partial charge in [0.15, 0.2) is 6.23 Å². The number of H-pyrrole nitrogens is 1. The number of rotatable bonds is 2. The van der Waals surface area contributed by atoms with Crippen molar-refractivity contribution < 1.29 is 21.4 Å². The van der Waals surface area contributed by atoms with Crippen LogP contribution in [0.3, 0.4) is 0 Å². The first kappa shape index (κ1) is 11.6. The molecule has 2 heterocycles. The van der Waals surface area contributed by atoms with E-state index in [1.165, 1.54) is 6.92 Å². The van der Waals surface area contributed by atoms with Crippen LogP contribution in [0.2, 0.25) is 0 Å². The first-order valence-electron chi connectivity index (χ1n) is 5.78. The lowest BCUT2D eigenvalue weighted by molar-refractivity contribution is -0.0551. The molecular weight excluding hydrogens is 244 g/mol. The second-order valence-electron chi connectivity index (χ2n) is 4.06. The molecule has 18 heavy (non-hydrogen) atoms. The van der Waals surface area contributed by atoms with Crippen LogP contribution in [-0.4, -0.2) is 49.8 Å². The van der Waals surface area contributed by atoms with Gasteiger partial charge in [0.2, 0.25) is 0 Å². The summed E-state index contributed by atoms with van der Waals surface area (Å²) in [4.78, 5) is 24.9. The van der Waals surface area contributed by atoms with Crippen molar-refractivity contribution >= 4 is 0 Å². The Kier molecular flexibility index (Phi) is 3.00. The van der Waals surface area contributed by atoms with Crippen molar-refractivity contribution in [3.05, 3.63) is 32.6 Å². The van der Waals surface area contributed by atoms with Crippen LogP contribution in [0.1, 0.15) is 13.2 Å². The molecule has 4 atom stereocenters. The number of hydrogen-bond acceptors (Lipinski definition) is 6. The molecule has 4 N–H and O–H groups in total. The summed E-state index contributed by atoms with van der Waals surface area (Å²) in [6.45, 7) is 0.822. The van der Waals surface area contributed by atoms with Crippen molar-refractivity contribution in [1.82, 2.24) is 9.55 Å². The second-order valence-corrected chi connectivity index (χ2v) is 4.06. The maximum absolute atomic E-state index is 11.7. The quantitative estimate of drug-likeness (QED) is 0.463. The Morgan fingerprint density at radius 3 is 2.78 bits per heavy atom. The largest absolute Gasteiger partial charge is 0.394 e.